The molecule has 4 aromatic rings. The Bertz CT molecular complexity index is 1590. The lowest BCUT2D eigenvalue weighted by Crippen LogP contribution is -2.41. The standard InChI is InChI=1S/C28H27F5N6O2/c1-27(25-36-37-26(41-25)28(31,32)33)9-6-17(7-10-27)35-24(40)20-15-34-39-12-8-18(14-23(20)39)38-11-2-3-22(38)19-13-16(29)4-5-21(19)30/h4-5,8,12-15,17,22H,2-3,6-7,9-11H2,1H3,(H,35,40)/t17?,22-,27?/m1/s1. The molecule has 2 aliphatic rings. The molecule has 1 saturated heterocycles. The largest absolute Gasteiger partial charge is 0.470 e. The summed E-state index contributed by atoms with van der Waals surface area (Å²) in [6, 6.07) is 6.60. The lowest BCUT2D eigenvalue weighted by Gasteiger charge is -2.34. The highest BCUT2D eigenvalue weighted by atomic mass is 19.4. The van der Waals surface area contributed by atoms with E-state index in [2.05, 4.69) is 20.6 Å². The molecule has 0 spiro atoms. The number of hydrogen-bond donors (Lipinski definition) is 1. The summed E-state index contributed by atoms with van der Waals surface area (Å²) in [5.74, 6) is -2.69. The fraction of sp³-hybridized carbons (Fsp3) is 0.429. The third-order valence-electron chi connectivity index (χ3n) is 8.26. The third kappa shape index (κ3) is 5.13. The maximum absolute atomic E-state index is 14.6. The van der Waals surface area contributed by atoms with Crippen molar-refractivity contribution in [2.75, 3.05) is 11.4 Å². The van der Waals surface area contributed by atoms with E-state index in [4.69, 9.17) is 4.42 Å². The van der Waals surface area contributed by atoms with Gasteiger partial charge in [-0.2, -0.15) is 18.3 Å². The summed E-state index contributed by atoms with van der Waals surface area (Å²) in [6.07, 6.45) is 1.94. The molecule has 1 aliphatic carbocycles. The second-order valence-electron chi connectivity index (χ2n) is 11.0. The zero-order valence-electron chi connectivity index (χ0n) is 22.1. The van der Waals surface area contributed by atoms with Crippen LogP contribution in [0.5, 0.6) is 0 Å². The topological polar surface area (TPSA) is 88.6 Å². The fourth-order valence-corrected chi connectivity index (χ4v) is 5.95. The van der Waals surface area contributed by atoms with Crippen molar-refractivity contribution in [3.05, 3.63) is 77.3 Å². The van der Waals surface area contributed by atoms with Gasteiger partial charge in [0.2, 0.25) is 5.89 Å². The normalized spacial score (nSPS) is 23.3. The minimum absolute atomic E-state index is 0.0527. The molecule has 1 amide bonds. The number of halogens is 5. The number of anilines is 1. The molecular weight excluding hydrogens is 547 g/mol. The highest BCUT2D eigenvalue weighted by molar-refractivity contribution is 6.01. The van der Waals surface area contributed by atoms with Gasteiger partial charge in [0, 0.05) is 35.4 Å². The van der Waals surface area contributed by atoms with E-state index in [9.17, 15) is 26.7 Å². The number of benzene rings is 1. The van der Waals surface area contributed by atoms with Gasteiger partial charge >= 0.3 is 12.1 Å². The second kappa shape index (κ2) is 10.1. The first-order valence-corrected chi connectivity index (χ1v) is 13.4. The van der Waals surface area contributed by atoms with Crippen LogP contribution in [0.2, 0.25) is 0 Å². The van der Waals surface area contributed by atoms with Gasteiger partial charge < -0.3 is 14.6 Å². The number of rotatable bonds is 5. The summed E-state index contributed by atoms with van der Waals surface area (Å²) >= 11 is 0. The van der Waals surface area contributed by atoms with Crippen LogP contribution in [0.1, 0.15) is 79.2 Å². The Morgan fingerprint density at radius 1 is 1.10 bits per heavy atom. The summed E-state index contributed by atoms with van der Waals surface area (Å²) in [5, 5.41) is 14.1. The number of alkyl halides is 3. The zero-order chi connectivity index (χ0) is 28.9. The van der Waals surface area contributed by atoms with Crippen LogP contribution in [0.25, 0.3) is 5.52 Å². The molecule has 0 bridgehead atoms. The Balaban J connectivity index is 1.16. The van der Waals surface area contributed by atoms with Gasteiger partial charge in [-0.25, -0.2) is 13.3 Å². The lowest BCUT2D eigenvalue weighted by atomic mass is 9.74. The predicted octanol–water partition coefficient (Wildman–Crippen LogP) is 5.99. The highest BCUT2D eigenvalue weighted by Crippen LogP contribution is 2.41. The molecule has 1 atom stereocenters. The van der Waals surface area contributed by atoms with Gasteiger partial charge in [0.1, 0.15) is 11.6 Å². The van der Waals surface area contributed by atoms with Gasteiger partial charge in [0.25, 0.3) is 5.91 Å². The average molecular weight is 575 g/mol. The van der Waals surface area contributed by atoms with E-state index in [1.54, 1.807) is 17.6 Å². The maximum atomic E-state index is 14.6. The zero-order valence-corrected chi connectivity index (χ0v) is 22.1. The molecule has 0 unspecified atom stereocenters. The van der Waals surface area contributed by atoms with Crippen LogP contribution in [0.3, 0.4) is 0 Å². The van der Waals surface area contributed by atoms with E-state index < -0.39 is 29.1 Å². The number of aromatic nitrogens is 4. The number of nitrogens with zero attached hydrogens (tertiary/aromatic N) is 5. The first-order chi connectivity index (χ1) is 19.5. The van der Waals surface area contributed by atoms with Crippen molar-refractivity contribution < 1.29 is 31.2 Å². The molecule has 1 saturated carbocycles. The smallest absolute Gasteiger partial charge is 0.417 e. The number of nitrogens with one attached hydrogen (secondary N) is 1. The summed E-state index contributed by atoms with van der Waals surface area (Å²) < 4.78 is 73.7. The van der Waals surface area contributed by atoms with Gasteiger partial charge in [-0.1, -0.05) is 6.92 Å². The Kier molecular flexibility index (Phi) is 6.69. The van der Waals surface area contributed by atoms with Crippen LogP contribution < -0.4 is 10.2 Å². The molecule has 41 heavy (non-hydrogen) atoms. The molecule has 13 heteroatoms. The average Bonchev–Trinajstić information content (AvgIpc) is 3.70. The van der Waals surface area contributed by atoms with Crippen LogP contribution >= 0.6 is 0 Å². The van der Waals surface area contributed by atoms with E-state index in [-0.39, 0.29) is 23.9 Å². The van der Waals surface area contributed by atoms with Gasteiger partial charge in [0.05, 0.1) is 23.3 Å². The van der Waals surface area contributed by atoms with Gasteiger partial charge in [-0.05, 0) is 68.9 Å². The molecule has 8 nitrogen and oxygen atoms in total. The first kappa shape index (κ1) is 27.2. The molecule has 4 heterocycles. The first-order valence-electron chi connectivity index (χ1n) is 13.4. The Morgan fingerprint density at radius 2 is 1.88 bits per heavy atom. The third-order valence-corrected chi connectivity index (χ3v) is 8.26. The van der Waals surface area contributed by atoms with Crippen molar-refractivity contribution in [3.8, 4) is 0 Å². The quantitative estimate of drug-likeness (QED) is 0.295. The number of amides is 1. The minimum atomic E-state index is -4.70. The van der Waals surface area contributed by atoms with Crippen LogP contribution in [0.4, 0.5) is 27.6 Å². The number of fused-ring (bicyclic) bond motifs is 1. The van der Waals surface area contributed by atoms with Gasteiger partial charge in [-0.3, -0.25) is 4.79 Å². The van der Waals surface area contributed by atoms with Crippen molar-refractivity contribution in [1.82, 2.24) is 25.1 Å². The fourth-order valence-electron chi connectivity index (χ4n) is 5.95. The predicted molar refractivity (Wildman–Crippen MR) is 137 cm³/mol. The summed E-state index contributed by atoms with van der Waals surface area (Å²) in [5.41, 5.74) is 1.28. The second-order valence-corrected chi connectivity index (χ2v) is 11.0. The summed E-state index contributed by atoms with van der Waals surface area (Å²) in [7, 11) is 0. The van der Waals surface area contributed by atoms with Crippen LogP contribution in [0, 0.1) is 11.6 Å². The molecule has 216 valence electrons. The van der Waals surface area contributed by atoms with Crippen molar-refractivity contribution in [3.63, 3.8) is 0 Å². The Morgan fingerprint density at radius 3 is 2.61 bits per heavy atom. The highest BCUT2D eigenvalue weighted by Gasteiger charge is 2.43. The molecule has 1 aromatic carbocycles. The Hall–Kier alpha value is -4.03. The molecule has 1 aliphatic heterocycles. The Labute approximate surface area is 231 Å². The maximum Gasteiger partial charge on any atom is 0.470 e. The monoisotopic (exact) mass is 574 g/mol. The lowest BCUT2D eigenvalue weighted by molar-refractivity contribution is -0.158. The molecular formula is C28H27F5N6O2. The van der Waals surface area contributed by atoms with E-state index in [1.807, 2.05) is 17.0 Å². The number of carbonyl (C=O) groups is 1. The minimum Gasteiger partial charge on any atom is -0.417 e. The van der Waals surface area contributed by atoms with Crippen molar-refractivity contribution in [2.45, 2.75) is 69.1 Å². The molecule has 0 radical (unpaired) electrons. The molecule has 2 fully saturated rings. The van der Waals surface area contributed by atoms with Crippen LogP contribution in [0.15, 0.2) is 47.1 Å². The van der Waals surface area contributed by atoms with Gasteiger partial charge in [0.15, 0.2) is 0 Å². The molecule has 3 aromatic heterocycles. The summed E-state index contributed by atoms with van der Waals surface area (Å²) in [4.78, 5) is 15.3. The van der Waals surface area contributed by atoms with Crippen molar-refractivity contribution >= 4 is 17.1 Å². The van der Waals surface area contributed by atoms with E-state index in [0.717, 1.165) is 24.2 Å². The number of pyridine rings is 1. The van der Waals surface area contributed by atoms with Crippen LogP contribution in [-0.4, -0.2) is 38.3 Å². The van der Waals surface area contributed by atoms with E-state index >= 15 is 0 Å². The SMILES string of the molecule is CC1(c2nnc(C(F)(F)F)o2)CCC(NC(=O)c2cnn3ccc(N4CCC[C@@H]4c4cc(F)ccc4F)cc23)CC1. The molecule has 1 N–H and O–H groups in total. The number of carbonyl (C=O) groups excluding carboxylic acids is 1. The summed E-state index contributed by atoms with van der Waals surface area (Å²) in [6.45, 7) is 2.44. The van der Waals surface area contributed by atoms with Crippen molar-refractivity contribution in [2.24, 2.45) is 0 Å². The number of hydrogen-bond acceptors (Lipinski definition) is 6. The van der Waals surface area contributed by atoms with E-state index in [0.29, 0.717) is 55.3 Å². The van der Waals surface area contributed by atoms with Gasteiger partial charge in [-0.15, -0.1) is 10.2 Å². The van der Waals surface area contributed by atoms with Crippen LogP contribution in [-0.2, 0) is 11.6 Å². The molecule has 6 rings (SSSR count). The van der Waals surface area contributed by atoms with E-state index in [1.165, 1.54) is 12.3 Å². The van der Waals surface area contributed by atoms with Crippen molar-refractivity contribution in [1.29, 1.82) is 0 Å².